The largest absolute Gasteiger partial charge is 0.476 e. The molecule has 42 heavy (non-hydrogen) atoms. The molecule has 0 fully saturated rings. The molecule has 1 aromatic rings. The summed E-state index contributed by atoms with van der Waals surface area (Å²) in [5.74, 6) is -0.592. The van der Waals surface area contributed by atoms with Gasteiger partial charge in [-0.25, -0.2) is 4.79 Å². The van der Waals surface area contributed by atoms with Gasteiger partial charge in [0.15, 0.2) is 5.44 Å². The van der Waals surface area contributed by atoms with E-state index in [0.29, 0.717) is 18.3 Å². The molecular formula is C34H60O6PS+. The maximum atomic E-state index is 11.9. The van der Waals surface area contributed by atoms with E-state index in [1.807, 2.05) is 6.92 Å². The number of benzene rings is 1. The molecule has 0 heterocycles. The Bertz CT molecular complexity index is 840. The second-order valence-electron chi connectivity index (χ2n) is 11.7. The average molecular weight is 628 g/mol. The normalized spacial score (nSPS) is 15.4. The highest BCUT2D eigenvalue weighted by molar-refractivity contribution is 8.00. The molecule has 0 amide bonds. The van der Waals surface area contributed by atoms with E-state index in [1.165, 1.54) is 87.1 Å². The molecule has 5 atom stereocenters. The van der Waals surface area contributed by atoms with Crippen molar-refractivity contribution in [3.05, 3.63) is 35.4 Å². The van der Waals surface area contributed by atoms with Crippen LogP contribution in [0.4, 0.5) is 0 Å². The lowest BCUT2D eigenvalue weighted by atomic mass is 9.89. The van der Waals surface area contributed by atoms with Crippen LogP contribution < -0.4 is 0 Å². The summed E-state index contributed by atoms with van der Waals surface area (Å²) in [6, 6.07) is 8.74. The number of aryl methyl sites for hydroxylation is 1. The molecule has 0 aliphatic heterocycles. The highest BCUT2D eigenvalue weighted by Gasteiger charge is 2.55. The number of carbonyl (C=O) groups is 1. The molecule has 0 spiro atoms. The molecule has 0 aromatic heterocycles. The fourth-order valence-corrected chi connectivity index (χ4v) is 6.94. The number of aliphatic hydroxyl groups is 1. The monoisotopic (exact) mass is 627 g/mol. The number of thioether (sulfide) groups is 1. The summed E-state index contributed by atoms with van der Waals surface area (Å²) in [7, 11) is -1.44. The van der Waals surface area contributed by atoms with Crippen LogP contribution in [0, 0.1) is 0 Å². The van der Waals surface area contributed by atoms with Crippen molar-refractivity contribution in [2.45, 2.75) is 153 Å². The van der Waals surface area contributed by atoms with Crippen LogP contribution in [-0.4, -0.2) is 52.0 Å². The van der Waals surface area contributed by atoms with Gasteiger partial charge in [-0.1, -0.05) is 127 Å². The summed E-state index contributed by atoms with van der Waals surface area (Å²) in [5.41, 5.74) is 1.48. The first-order valence-electron chi connectivity index (χ1n) is 16.6. The van der Waals surface area contributed by atoms with Gasteiger partial charge in [-0.15, -0.1) is 11.8 Å². The summed E-state index contributed by atoms with van der Waals surface area (Å²) < 4.78 is 23.7. The maximum absolute atomic E-state index is 11.9. The second kappa shape index (κ2) is 24.4. The molecule has 2 N–H and O–H groups in total. The number of aliphatic carboxylic acids is 1. The van der Waals surface area contributed by atoms with Gasteiger partial charge < -0.3 is 19.7 Å². The Morgan fingerprint density at radius 1 is 0.905 bits per heavy atom. The first-order valence-corrected chi connectivity index (χ1v) is 18.6. The molecule has 0 radical (unpaired) electrons. The van der Waals surface area contributed by atoms with Gasteiger partial charge >= 0.3 is 19.8 Å². The zero-order valence-corrected chi connectivity index (χ0v) is 28.7. The third-order valence-corrected chi connectivity index (χ3v) is 10.2. The van der Waals surface area contributed by atoms with Crippen LogP contribution in [-0.2, 0) is 25.3 Å². The number of ether oxygens (including phenoxy) is 2. The first-order chi connectivity index (χ1) is 20.3. The number of carboxylic acids is 1. The molecule has 0 bridgehead atoms. The highest BCUT2D eigenvalue weighted by Crippen LogP contribution is 2.36. The molecule has 0 saturated carbocycles. The molecule has 6 nitrogen and oxygen atoms in total. The summed E-state index contributed by atoms with van der Waals surface area (Å²) >= 11 is 1.24. The Balaban J connectivity index is 2.68. The highest BCUT2D eigenvalue weighted by atomic mass is 32.2. The Morgan fingerprint density at radius 3 is 2.12 bits per heavy atom. The van der Waals surface area contributed by atoms with Crippen molar-refractivity contribution in [2.24, 2.45) is 0 Å². The molecule has 1 aromatic carbocycles. The molecule has 0 aliphatic rings. The van der Waals surface area contributed by atoms with E-state index in [4.69, 9.17) is 9.47 Å². The van der Waals surface area contributed by atoms with E-state index in [-0.39, 0.29) is 12.7 Å². The van der Waals surface area contributed by atoms with Crippen LogP contribution in [0.25, 0.3) is 0 Å². The van der Waals surface area contributed by atoms with Crippen LogP contribution >= 0.6 is 20.2 Å². The van der Waals surface area contributed by atoms with Gasteiger partial charge in [0.05, 0.1) is 12.7 Å². The zero-order valence-electron chi connectivity index (χ0n) is 26.9. The smallest absolute Gasteiger partial charge is 0.392 e. The van der Waals surface area contributed by atoms with Crippen LogP contribution in [0.1, 0.15) is 141 Å². The minimum atomic E-state index is -2.46. The van der Waals surface area contributed by atoms with Gasteiger partial charge in [0.25, 0.3) is 0 Å². The molecule has 0 saturated heterocycles. The third-order valence-electron chi connectivity index (χ3n) is 7.93. The summed E-state index contributed by atoms with van der Waals surface area (Å²) in [4.78, 5) is 11.9. The van der Waals surface area contributed by atoms with Gasteiger partial charge in [0.1, 0.15) is 0 Å². The SMILES string of the molecule is CCCCCCCCCCOC(C)COC(SCCC(CCCCCCC)c1cccc(CC)c1)C(O)([PH+]=O)C(=O)O. The van der Waals surface area contributed by atoms with Gasteiger partial charge in [0, 0.05) is 6.61 Å². The van der Waals surface area contributed by atoms with Crippen molar-refractivity contribution in [1.29, 1.82) is 0 Å². The number of rotatable bonds is 28. The van der Waals surface area contributed by atoms with E-state index in [2.05, 4.69) is 45.0 Å². The van der Waals surface area contributed by atoms with E-state index < -0.39 is 25.2 Å². The Hall–Kier alpha value is -0.980. The molecule has 8 heteroatoms. The number of unbranched alkanes of at least 4 members (excludes halogenated alkanes) is 11. The van der Waals surface area contributed by atoms with Crippen molar-refractivity contribution < 1.29 is 29.0 Å². The van der Waals surface area contributed by atoms with Crippen LogP contribution in [0.3, 0.4) is 0 Å². The van der Waals surface area contributed by atoms with Crippen molar-refractivity contribution in [3.63, 3.8) is 0 Å². The second-order valence-corrected chi connectivity index (χ2v) is 13.8. The Morgan fingerprint density at radius 2 is 1.52 bits per heavy atom. The fraction of sp³-hybridized carbons (Fsp3) is 0.794. The Kier molecular flexibility index (Phi) is 22.6. The maximum Gasteiger partial charge on any atom is 0.392 e. The molecule has 242 valence electrons. The van der Waals surface area contributed by atoms with Crippen molar-refractivity contribution in [2.75, 3.05) is 19.0 Å². The van der Waals surface area contributed by atoms with E-state index in [9.17, 15) is 19.6 Å². The summed E-state index contributed by atoms with van der Waals surface area (Å²) in [5, 5.41) is 18.1. The number of hydrogen-bond donors (Lipinski definition) is 2. The fourth-order valence-electron chi connectivity index (χ4n) is 5.13. The standard InChI is InChI=1S/C34H59O6PS/c1-5-8-10-12-13-14-16-18-24-39-28(4)27-40-33(34(37,41-38)32(35)36)42-25-23-30(21-17-15-11-9-6-2)31-22-19-20-29(7-3)26-31/h19-20,22,26,28,30,33,37H,5-18,21,23-25,27H2,1-4H3,(H,35,36)/p+1. The van der Waals surface area contributed by atoms with Crippen molar-refractivity contribution in [1.82, 2.24) is 0 Å². The third kappa shape index (κ3) is 16.2. The lowest BCUT2D eigenvalue weighted by Gasteiger charge is -2.25. The topological polar surface area (TPSA) is 93.1 Å². The van der Waals surface area contributed by atoms with Gasteiger partial charge in [-0.05, 0) is 55.4 Å². The lowest BCUT2D eigenvalue weighted by molar-refractivity contribution is -0.157. The predicted molar refractivity (Wildman–Crippen MR) is 178 cm³/mol. The summed E-state index contributed by atoms with van der Waals surface area (Å²) in [6.07, 6.45) is 18.5. The van der Waals surface area contributed by atoms with Gasteiger partial charge in [-0.3, -0.25) is 0 Å². The van der Waals surface area contributed by atoms with Gasteiger partial charge in [-0.2, -0.15) is 0 Å². The number of hydrogen-bond acceptors (Lipinski definition) is 6. The lowest BCUT2D eigenvalue weighted by Crippen LogP contribution is -2.45. The average Bonchev–Trinajstić information content (AvgIpc) is 3.00. The predicted octanol–water partition coefficient (Wildman–Crippen LogP) is 9.50. The van der Waals surface area contributed by atoms with Crippen LogP contribution in [0.5, 0.6) is 0 Å². The molecule has 0 aliphatic carbocycles. The van der Waals surface area contributed by atoms with E-state index >= 15 is 0 Å². The summed E-state index contributed by atoms with van der Waals surface area (Å²) in [6.45, 7) is 9.26. The van der Waals surface area contributed by atoms with Crippen molar-refractivity contribution in [3.8, 4) is 0 Å². The van der Waals surface area contributed by atoms with Crippen LogP contribution in [0.2, 0.25) is 0 Å². The first kappa shape index (κ1) is 39.0. The number of carboxylic acid groups (broad SMARTS) is 1. The van der Waals surface area contributed by atoms with E-state index in [0.717, 1.165) is 38.5 Å². The van der Waals surface area contributed by atoms with E-state index in [1.54, 1.807) is 0 Å². The minimum absolute atomic E-state index is 0.133. The van der Waals surface area contributed by atoms with Crippen LogP contribution in [0.15, 0.2) is 24.3 Å². The molecular weight excluding hydrogens is 567 g/mol. The van der Waals surface area contributed by atoms with Gasteiger partial charge in [0.2, 0.25) is 0 Å². The van der Waals surface area contributed by atoms with Crippen molar-refractivity contribution >= 4 is 26.2 Å². The molecule has 5 unspecified atom stereocenters. The minimum Gasteiger partial charge on any atom is -0.476 e. The molecule has 1 rings (SSSR count). The Labute approximate surface area is 262 Å². The quantitative estimate of drug-likeness (QED) is 0.0543. The zero-order chi connectivity index (χ0) is 31.1.